The molecule has 0 amide bonds. The molecule has 2 aromatic heterocycles. The summed E-state index contributed by atoms with van der Waals surface area (Å²) >= 11 is 0. The molecule has 168 valence electrons. The molecule has 1 aliphatic rings. The van der Waals surface area contributed by atoms with E-state index in [1.807, 2.05) is 0 Å². The minimum atomic E-state index is -5.64. The highest BCUT2D eigenvalue weighted by Crippen LogP contribution is 2.66. The molecule has 1 fully saturated rings. The molecular formula is C10H16N5O12P3. The standard InChI is InChI=1S/C10H16N5O12P3/c11-9-8-10(13-3-12-9)15(4-14-8)7-1-5(16)6(25-7)2-24-29(20,21)27-30(22,23)26-28(17,18)19/h3-7,16H,1-2H2,(H,20,21)(H,22,23)(H2,11,12,13)(H2,17,18,19)/t5-,6+,7-/m1/s1. The van der Waals surface area contributed by atoms with Gasteiger partial charge < -0.3 is 35.2 Å². The van der Waals surface area contributed by atoms with E-state index in [2.05, 4.69) is 28.1 Å². The zero-order chi connectivity index (χ0) is 22.3. The number of hydrogen-bond acceptors (Lipinski definition) is 12. The van der Waals surface area contributed by atoms with Crippen LogP contribution in [0, 0.1) is 0 Å². The van der Waals surface area contributed by atoms with Gasteiger partial charge >= 0.3 is 23.5 Å². The summed E-state index contributed by atoms with van der Waals surface area (Å²) in [6.45, 7) is -0.787. The molecule has 0 radical (unpaired) electrons. The number of fused-ring (bicyclic) bond motifs is 1. The van der Waals surface area contributed by atoms with Crippen molar-refractivity contribution in [1.29, 1.82) is 0 Å². The summed E-state index contributed by atoms with van der Waals surface area (Å²) in [6, 6.07) is 0. The topological polar surface area (TPSA) is 259 Å². The average molecular weight is 491 g/mol. The summed E-state index contributed by atoms with van der Waals surface area (Å²) in [4.78, 5) is 47.4. The number of imidazole rings is 1. The number of aromatic nitrogens is 4. The first-order valence-electron chi connectivity index (χ1n) is 7.81. The van der Waals surface area contributed by atoms with E-state index < -0.39 is 48.5 Å². The SMILES string of the molecule is Nc1ncnc2c1ncn2[C@H]1C[C@@H](O)[C@H](COP(=O)(O)OP(=O)(O)OP(=O)(O)O)O1. The molecule has 1 saturated heterocycles. The molecule has 3 heterocycles. The summed E-state index contributed by atoms with van der Waals surface area (Å²) < 4.78 is 52.3. The van der Waals surface area contributed by atoms with Gasteiger partial charge in [-0.3, -0.25) is 9.09 Å². The summed E-state index contributed by atoms with van der Waals surface area (Å²) in [7, 11) is -16.5. The predicted molar refractivity (Wildman–Crippen MR) is 94.1 cm³/mol. The van der Waals surface area contributed by atoms with Crippen molar-refractivity contribution in [1.82, 2.24) is 19.5 Å². The molecule has 0 spiro atoms. The number of hydrogen-bond donors (Lipinski definition) is 6. The second-order valence-electron chi connectivity index (χ2n) is 5.90. The van der Waals surface area contributed by atoms with E-state index >= 15 is 0 Å². The van der Waals surface area contributed by atoms with E-state index in [-0.39, 0.29) is 12.2 Å². The fourth-order valence-corrected chi connectivity index (χ4v) is 5.62. The first-order valence-corrected chi connectivity index (χ1v) is 12.3. The molecule has 20 heteroatoms. The van der Waals surface area contributed by atoms with Crippen LogP contribution in [0.5, 0.6) is 0 Å². The molecule has 2 aromatic rings. The van der Waals surface area contributed by atoms with Crippen LogP contribution in [-0.2, 0) is 31.6 Å². The minimum Gasteiger partial charge on any atom is -0.390 e. The molecule has 0 aromatic carbocycles. The Morgan fingerprint density at radius 2 is 1.83 bits per heavy atom. The van der Waals surface area contributed by atoms with Crippen molar-refractivity contribution in [2.24, 2.45) is 0 Å². The molecule has 3 rings (SSSR count). The maximum Gasteiger partial charge on any atom is 0.490 e. The fraction of sp³-hybridized carbons (Fsp3) is 0.500. The van der Waals surface area contributed by atoms with Gasteiger partial charge in [-0.05, 0) is 0 Å². The lowest BCUT2D eigenvalue weighted by Crippen LogP contribution is -2.26. The van der Waals surface area contributed by atoms with Gasteiger partial charge in [-0.15, -0.1) is 0 Å². The number of aliphatic hydroxyl groups excluding tert-OH is 1. The van der Waals surface area contributed by atoms with Crippen LogP contribution in [0.2, 0.25) is 0 Å². The Balaban J connectivity index is 1.64. The number of ether oxygens (including phenoxy) is 1. The minimum absolute atomic E-state index is 0.000206. The molecule has 1 aliphatic heterocycles. The zero-order valence-electron chi connectivity index (χ0n) is 14.6. The number of nitrogens with two attached hydrogens (primary N) is 1. The maximum absolute atomic E-state index is 11.8. The third kappa shape index (κ3) is 5.68. The van der Waals surface area contributed by atoms with Crippen LogP contribution in [0.1, 0.15) is 12.6 Å². The van der Waals surface area contributed by atoms with Gasteiger partial charge in [-0.1, -0.05) is 0 Å². The Hall–Kier alpha value is -1.32. The van der Waals surface area contributed by atoms with E-state index in [1.54, 1.807) is 0 Å². The molecule has 0 saturated carbocycles. The largest absolute Gasteiger partial charge is 0.490 e. The Morgan fingerprint density at radius 3 is 2.50 bits per heavy atom. The number of rotatable bonds is 8. The monoisotopic (exact) mass is 491 g/mol. The molecule has 0 aliphatic carbocycles. The van der Waals surface area contributed by atoms with Crippen molar-refractivity contribution in [3.8, 4) is 0 Å². The Kier molecular flexibility index (Phi) is 6.47. The van der Waals surface area contributed by atoms with Gasteiger partial charge in [0.25, 0.3) is 0 Å². The van der Waals surface area contributed by atoms with Crippen LogP contribution in [0.15, 0.2) is 12.7 Å². The lowest BCUT2D eigenvalue weighted by atomic mass is 10.2. The molecular weight excluding hydrogens is 475 g/mol. The van der Waals surface area contributed by atoms with Crippen LogP contribution >= 0.6 is 23.5 Å². The molecule has 30 heavy (non-hydrogen) atoms. The number of phosphoric acid groups is 3. The summed E-state index contributed by atoms with van der Waals surface area (Å²) in [6.07, 6.45) is -0.643. The van der Waals surface area contributed by atoms with Gasteiger partial charge in [0.05, 0.1) is 19.0 Å². The first-order chi connectivity index (χ1) is 13.8. The number of phosphoric ester groups is 1. The van der Waals surface area contributed by atoms with E-state index in [9.17, 15) is 23.7 Å². The van der Waals surface area contributed by atoms with Gasteiger partial charge in [-0.25, -0.2) is 28.6 Å². The van der Waals surface area contributed by atoms with E-state index in [0.29, 0.717) is 11.2 Å². The molecule has 5 atom stereocenters. The van der Waals surface area contributed by atoms with Crippen LogP contribution in [0.25, 0.3) is 11.2 Å². The first kappa shape index (κ1) is 23.3. The highest BCUT2D eigenvalue weighted by atomic mass is 31.3. The Morgan fingerprint density at radius 1 is 1.13 bits per heavy atom. The predicted octanol–water partition coefficient (Wildman–Crippen LogP) is -0.600. The summed E-state index contributed by atoms with van der Waals surface area (Å²) in [5.41, 5.74) is 6.31. The van der Waals surface area contributed by atoms with Crippen molar-refractivity contribution < 1.29 is 56.3 Å². The van der Waals surface area contributed by atoms with E-state index in [1.165, 1.54) is 17.2 Å². The van der Waals surface area contributed by atoms with Gasteiger partial charge in [0.2, 0.25) is 0 Å². The van der Waals surface area contributed by atoms with Gasteiger partial charge in [0.1, 0.15) is 24.2 Å². The van der Waals surface area contributed by atoms with Gasteiger partial charge in [0, 0.05) is 6.42 Å². The highest BCUT2D eigenvalue weighted by molar-refractivity contribution is 7.66. The van der Waals surface area contributed by atoms with Gasteiger partial charge in [-0.2, -0.15) is 8.62 Å². The van der Waals surface area contributed by atoms with E-state index in [0.717, 1.165) is 0 Å². The lowest BCUT2D eigenvalue weighted by Gasteiger charge is -2.19. The van der Waals surface area contributed by atoms with Crippen molar-refractivity contribution in [2.75, 3.05) is 12.3 Å². The quantitative estimate of drug-likeness (QED) is 0.252. The second-order valence-corrected chi connectivity index (χ2v) is 10.3. The second kappa shape index (κ2) is 8.31. The third-order valence-electron chi connectivity index (χ3n) is 3.72. The van der Waals surface area contributed by atoms with Crippen molar-refractivity contribution in [3.05, 3.63) is 12.7 Å². The Bertz CT molecular complexity index is 1070. The number of aliphatic hydroxyl groups is 1. The molecule has 17 nitrogen and oxygen atoms in total. The summed E-state index contributed by atoms with van der Waals surface area (Å²) in [5, 5.41) is 10.1. The van der Waals surface area contributed by atoms with Crippen molar-refractivity contribution in [3.63, 3.8) is 0 Å². The lowest BCUT2D eigenvalue weighted by molar-refractivity contribution is -0.0423. The third-order valence-corrected chi connectivity index (χ3v) is 7.52. The van der Waals surface area contributed by atoms with E-state index in [4.69, 9.17) is 25.2 Å². The van der Waals surface area contributed by atoms with Crippen LogP contribution in [0.4, 0.5) is 5.82 Å². The number of nitrogens with zero attached hydrogens (tertiary/aromatic N) is 4. The van der Waals surface area contributed by atoms with Crippen molar-refractivity contribution in [2.45, 2.75) is 24.9 Å². The normalized spacial score (nSPS) is 26.5. The van der Waals surface area contributed by atoms with Gasteiger partial charge in [0.15, 0.2) is 11.5 Å². The maximum atomic E-state index is 11.8. The molecule has 0 bridgehead atoms. The summed E-state index contributed by atoms with van der Waals surface area (Å²) in [5.74, 6) is 0.126. The molecule has 7 N–H and O–H groups in total. The number of anilines is 1. The highest BCUT2D eigenvalue weighted by Gasteiger charge is 2.43. The molecule has 2 unspecified atom stereocenters. The van der Waals surface area contributed by atoms with Crippen LogP contribution in [-0.4, -0.2) is 63.0 Å². The van der Waals surface area contributed by atoms with Crippen LogP contribution < -0.4 is 5.73 Å². The number of nitrogen functional groups attached to an aromatic ring is 1. The van der Waals surface area contributed by atoms with Crippen molar-refractivity contribution >= 4 is 40.4 Å². The Labute approximate surface area is 166 Å². The smallest absolute Gasteiger partial charge is 0.390 e. The zero-order valence-corrected chi connectivity index (χ0v) is 17.3. The fourth-order valence-electron chi connectivity index (χ4n) is 2.59. The average Bonchev–Trinajstić information content (AvgIpc) is 3.14. The van der Waals surface area contributed by atoms with Crippen LogP contribution in [0.3, 0.4) is 0 Å².